The van der Waals surface area contributed by atoms with Gasteiger partial charge in [0.15, 0.2) is 0 Å². The van der Waals surface area contributed by atoms with E-state index in [9.17, 15) is 9.59 Å². The maximum Gasteiger partial charge on any atom is 0.335 e. The molecule has 2 aromatic rings. The number of aromatic carboxylic acids is 1. The Hall–Kier alpha value is -3.61. The smallest absolute Gasteiger partial charge is 0.335 e. The number of hydrogen-bond donors (Lipinski definition) is 1. The van der Waals surface area contributed by atoms with Gasteiger partial charge in [-0.05, 0) is 55.5 Å². The molecule has 0 aromatic heterocycles. The minimum absolute atomic E-state index is 0.142. The molecule has 0 saturated carbocycles. The Morgan fingerprint density at radius 2 is 1.81 bits per heavy atom. The molecule has 2 aromatic carbocycles. The molecule has 0 radical (unpaired) electrons. The van der Waals surface area contributed by atoms with Crippen LogP contribution >= 0.6 is 0 Å². The average molecular weight is 366 g/mol. The highest BCUT2D eigenvalue weighted by Crippen LogP contribution is 2.30. The van der Waals surface area contributed by atoms with E-state index in [2.05, 4.69) is 5.10 Å². The number of carbonyl (C=O) groups is 2. The van der Waals surface area contributed by atoms with Crippen molar-refractivity contribution in [1.29, 1.82) is 0 Å². The second kappa shape index (κ2) is 7.33. The van der Waals surface area contributed by atoms with Crippen LogP contribution in [0, 0.1) is 0 Å². The van der Waals surface area contributed by atoms with E-state index in [1.54, 1.807) is 57.6 Å². The number of carboxylic acid groups (broad SMARTS) is 1. The van der Waals surface area contributed by atoms with Gasteiger partial charge in [0.2, 0.25) is 0 Å². The van der Waals surface area contributed by atoms with E-state index in [1.807, 2.05) is 0 Å². The Bertz CT molecular complexity index is 961. The molecule has 0 saturated heterocycles. The first-order valence-corrected chi connectivity index (χ1v) is 8.11. The summed E-state index contributed by atoms with van der Waals surface area (Å²) in [5, 5.41) is 14.5. The summed E-state index contributed by atoms with van der Waals surface area (Å²) in [6, 6.07) is 11.3. The lowest BCUT2D eigenvalue weighted by atomic mass is 10.1. The van der Waals surface area contributed by atoms with Crippen LogP contribution in [0.4, 0.5) is 5.69 Å². The number of benzene rings is 2. The maximum absolute atomic E-state index is 12.8. The molecular formula is C20H18N2O5. The number of carboxylic acids is 1. The number of nitrogens with zero attached hydrogens (tertiary/aromatic N) is 2. The Balaban J connectivity index is 1.96. The number of hydrazone groups is 1. The van der Waals surface area contributed by atoms with Gasteiger partial charge < -0.3 is 14.6 Å². The summed E-state index contributed by atoms with van der Waals surface area (Å²) in [5.74, 6) is -0.0860. The second-order valence-electron chi connectivity index (χ2n) is 5.82. The van der Waals surface area contributed by atoms with Crippen molar-refractivity contribution in [3.63, 3.8) is 0 Å². The first kappa shape index (κ1) is 18.2. The van der Waals surface area contributed by atoms with Gasteiger partial charge in [0, 0.05) is 5.56 Å². The molecule has 0 spiro atoms. The monoisotopic (exact) mass is 366 g/mol. The molecule has 1 heterocycles. The van der Waals surface area contributed by atoms with Crippen LogP contribution in [-0.2, 0) is 4.79 Å². The molecule has 7 heteroatoms. The molecule has 138 valence electrons. The van der Waals surface area contributed by atoms with E-state index in [-0.39, 0.29) is 11.5 Å². The third kappa shape index (κ3) is 3.52. The van der Waals surface area contributed by atoms with Crippen molar-refractivity contribution in [2.24, 2.45) is 5.10 Å². The summed E-state index contributed by atoms with van der Waals surface area (Å²) >= 11 is 0. The molecule has 1 aliphatic heterocycles. The molecule has 0 bridgehead atoms. The summed E-state index contributed by atoms with van der Waals surface area (Å²) in [5.41, 5.74) is 2.29. The van der Waals surface area contributed by atoms with E-state index in [0.717, 1.165) is 0 Å². The predicted molar refractivity (Wildman–Crippen MR) is 102 cm³/mol. The Kier molecular flexibility index (Phi) is 4.94. The first-order chi connectivity index (χ1) is 12.9. The standard InChI is InChI=1S/C20H18N2O5/c1-12-17(11-14-10-16(26-2)8-9-18(14)27-3)19(23)22(21-12)15-6-4-13(5-7-15)20(24)25/h4-11H,1-3H3,(H,24,25). The van der Waals surface area contributed by atoms with Gasteiger partial charge in [-0.15, -0.1) is 0 Å². The van der Waals surface area contributed by atoms with Gasteiger partial charge in [-0.1, -0.05) is 0 Å². The highest BCUT2D eigenvalue weighted by atomic mass is 16.5. The van der Waals surface area contributed by atoms with Crippen molar-refractivity contribution in [3.8, 4) is 11.5 Å². The largest absolute Gasteiger partial charge is 0.497 e. The molecule has 1 N–H and O–H groups in total. The van der Waals surface area contributed by atoms with Crippen LogP contribution in [-0.4, -0.2) is 36.9 Å². The zero-order chi connectivity index (χ0) is 19.6. The summed E-state index contributed by atoms with van der Waals surface area (Å²) < 4.78 is 10.6. The average Bonchev–Trinajstić information content (AvgIpc) is 2.96. The van der Waals surface area contributed by atoms with Crippen LogP contribution in [0.25, 0.3) is 6.08 Å². The lowest BCUT2D eigenvalue weighted by Gasteiger charge is -2.12. The second-order valence-corrected chi connectivity index (χ2v) is 5.82. The Morgan fingerprint density at radius 1 is 1.11 bits per heavy atom. The van der Waals surface area contributed by atoms with Crippen LogP contribution in [0.5, 0.6) is 11.5 Å². The summed E-state index contributed by atoms with van der Waals surface area (Å²) in [6.07, 6.45) is 1.70. The Labute approximate surface area is 156 Å². The van der Waals surface area contributed by atoms with Crippen LogP contribution in [0.3, 0.4) is 0 Å². The van der Waals surface area contributed by atoms with Crippen molar-refractivity contribution in [2.45, 2.75) is 6.92 Å². The summed E-state index contributed by atoms with van der Waals surface area (Å²) in [7, 11) is 3.12. The molecule has 0 atom stereocenters. The van der Waals surface area contributed by atoms with Crippen molar-refractivity contribution >= 4 is 29.4 Å². The molecule has 7 nitrogen and oxygen atoms in total. The quantitative estimate of drug-likeness (QED) is 0.821. The molecule has 0 fully saturated rings. The van der Waals surface area contributed by atoms with Gasteiger partial charge >= 0.3 is 5.97 Å². The van der Waals surface area contributed by atoms with Crippen molar-refractivity contribution in [2.75, 3.05) is 19.2 Å². The highest BCUT2D eigenvalue weighted by Gasteiger charge is 2.29. The normalized spacial score (nSPS) is 15.1. The number of hydrogen-bond acceptors (Lipinski definition) is 5. The van der Waals surface area contributed by atoms with E-state index >= 15 is 0 Å². The minimum atomic E-state index is -1.03. The zero-order valence-electron chi connectivity index (χ0n) is 15.1. The summed E-state index contributed by atoms with van der Waals surface area (Å²) in [6.45, 7) is 1.74. The van der Waals surface area contributed by atoms with Crippen LogP contribution in [0.2, 0.25) is 0 Å². The number of amides is 1. The molecular weight excluding hydrogens is 348 g/mol. The number of carbonyl (C=O) groups excluding carboxylic acids is 1. The van der Waals surface area contributed by atoms with Crippen LogP contribution in [0.15, 0.2) is 53.1 Å². The summed E-state index contributed by atoms with van der Waals surface area (Å²) in [4.78, 5) is 23.8. The van der Waals surface area contributed by atoms with Crippen LogP contribution < -0.4 is 14.5 Å². The fourth-order valence-corrected chi connectivity index (χ4v) is 2.71. The van der Waals surface area contributed by atoms with E-state index in [0.29, 0.717) is 34.0 Å². The van der Waals surface area contributed by atoms with Crippen LogP contribution in [0.1, 0.15) is 22.8 Å². The minimum Gasteiger partial charge on any atom is -0.497 e. The fourth-order valence-electron chi connectivity index (χ4n) is 2.71. The van der Waals surface area contributed by atoms with Crippen molar-refractivity contribution in [1.82, 2.24) is 0 Å². The lowest BCUT2D eigenvalue weighted by Crippen LogP contribution is -2.21. The van der Waals surface area contributed by atoms with Gasteiger partial charge in [0.05, 0.1) is 36.8 Å². The van der Waals surface area contributed by atoms with Gasteiger partial charge in [-0.3, -0.25) is 4.79 Å². The maximum atomic E-state index is 12.8. The number of ether oxygens (including phenoxy) is 2. The zero-order valence-corrected chi connectivity index (χ0v) is 15.1. The lowest BCUT2D eigenvalue weighted by molar-refractivity contribution is -0.114. The SMILES string of the molecule is COc1ccc(OC)c(C=C2C(=O)N(c3ccc(C(=O)O)cc3)N=C2C)c1. The first-order valence-electron chi connectivity index (χ1n) is 8.11. The molecule has 0 aliphatic carbocycles. The number of rotatable bonds is 5. The van der Waals surface area contributed by atoms with Gasteiger partial charge in [-0.2, -0.15) is 10.1 Å². The third-order valence-corrected chi connectivity index (χ3v) is 4.16. The molecule has 3 rings (SSSR count). The predicted octanol–water partition coefficient (Wildman–Crippen LogP) is 3.21. The van der Waals surface area contributed by atoms with E-state index < -0.39 is 5.97 Å². The topological polar surface area (TPSA) is 88.4 Å². The molecule has 0 unspecified atom stereocenters. The van der Waals surface area contributed by atoms with Gasteiger partial charge in [-0.25, -0.2) is 4.79 Å². The fraction of sp³-hybridized carbons (Fsp3) is 0.150. The van der Waals surface area contributed by atoms with Crippen molar-refractivity contribution < 1.29 is 24.2 Å². The molecule has 1 aliphatic rings. The molecule has 27 heavy (non-hydrogen) atoms. The number of anilines is 1. The van der Waals surface area contributed by atoms with Gasteiger partial charge in [0.25, 0.3) is 5.91 Å². The number of methoxy groups -OCH3 is 2. The van der Waals surface area contributed by atoms with E-state index in [1.165, 1.54) is 17.1 Å². The van der Waals surface area contributed by atoms with Crippen molar-refractivity contribution in [3.05, 3.63) is 59.2 Å². The van der Waals surface area contributed by atoms with Gasteiger partial charge in [0.1, 0.15) is 11.5 Å². The van der Waals surface area contributed by atoms with E-state index in [4.69, 9.17) is 14.6 Å². The highest BCUT2D eigenvalue weighted by molar-refractivity contribution is 6.32. The third-order valence-electron chi connectivity index (χ3n) is 4.16. The molecule has 1 amide bonds. The Morgan fingerprint density at radius 3 is 2.41 bits per heavy atom.